The van der Waals surface area contributed by atoms with E-state index < -0.39 is 34.1 Å². The highest BCUT2D eigenvalue weighted by molar-refractivity contribution is 7.89. The van der Waals surface area contributed by atoms with Crippen molar-refractivity contribution in [3.8, 4) is 0 Å². The Bertz CT molecular complexity index is 1100. The second-order valence-electron chi connectivity index (χ2n) is 9.14. The molecule has 2 rings (SSSR count). The number of amides is 2. The van der Waals surface area contributed by atoms with Gasteiger partial charge in [-0.05, 0) is 64.4 Å². The van der Waals surface area contributed by atoms with Crippen LogP contribution in [0.5, 0.6) is 0 Å². The van der Waals surface area contributed by atoms with Gasteiger partial charge in [0.1, 0.15) is 6.04 Å². The minimum absolute atomic E-state index is 0.0333. The number of likely N-dealkylation sites (N-methyl/N-ethyl adjacent to an activating group) is 1. The fourth-order valence-electron chi connectivity index (χ4n) is 3.22. The van der Waals surface area contributed by atoms with E-state index in [0.717, 1.165) is 15.4 Å². The molecular weight excluding hydrogens is 462 g/mol. The second-order valence-corrected chi connectivity index (χ2v) is 11.6. The Morgan fingerprint density at radius 3 is 2.24 bits per heavy atom. The van der Waals surface area contributed by atoms with Gasteiger partial charge in [0.25, 0.3) is 0 Å². The maximum absolute atomic E-state index is 13.3. The summed E-state index contributed by atoms with van der Waals surface area (Å²) in [5, 5.41) is 3.30. The number of nitrogens with zero attached hydrogens (tertiary/aromatic N) is 2. The summed E-state index contributed by atoms with van der Waals surface area (Å²) in [6.45, 7) is 8.92. The van der Waals surface area contributed by atoms with Crippen molar-refractivity contribution >= 4 is 33.4 Å². The zero-order chi connectivity index (χ0) is 25.0. The van der Waals surface area contributed by atoms with Crippen LogP contribution >= 0.6 is 11.6 Å². The van der Waals surface area contributed by atoms with Gasteiger partial charge in [-0.3, -0.25) is 9.59 Å². The summed E-state index contributed by atoms with van der Waals surface area (Å²) in [5.74, 6) is -0.792. The van der Waals surface area contributed by atoms with Crippen LogP contribution in [0.2, 0.25) is 5.02 Å². The minimum atomic E-state index is -3.91. The van der Waals surface area contributed by atoms with Gasteiger partial charge in [0, 0.05) is 24.2 Å². The molecule has 0 saturated heterocycles. The summed E-state index contributed by atoms with van der Waals surface area (Å²) < 4.78 is 26.8. The lowest BCUT2D eigenvalue weighted by molar-refractivity contribution is -0.141. The van der Waals surface area contributed by atoms with Gasteiger partial charge in [-0.2, -0.15) is 4.31 Å². The lowest BCUT2D eigenvalue weighted by atomic mass is 10.1. The fraction of sp³-hybridized carbons (Fsp3) is 0.417. The fourth-order valence-corrected chi connectivity index (χ4v) is 4.46. The van der Waals surface area contributed by atoms with Gasteiger partial charge in [-0.1, -0.05) is 41.4 Å². The Hall–Kier alpha value is -2.42. The molecule has 0 aromatic heterocycles. The summed E-state index contributed by atoms with van der Waals surface area (Å²) in [5.41, 5.74) is 1.40. The molecule has 0 heterocycles. The molecule has 2 amide bonds. The van der Waals surface area contributed by atoms with Crippen molar-refractivity contribution in [3.05, 3.63) is 64.7 Å². The van der Waals surface area contributed by atoms with Crippen molar-refractivity contribution in [1.29, 1.82) is 0 Å². The number of rotatable bonds is 8. The molecule has 1 atom stereocenters. The molecule has 9 heteroatoms. The van der Waals surface area contributed by atoms with Crippen molar-refractivity contribution in [3.63, 3.8) is 0 Å². The third-order valence-corrected chi connectivity index (χ3v) is 7.05. The Balaban J connectivity index is 2.29. The Labute approximate surface area is 201 Å². The lowest BCUT2D eigenvalue weighted by Gasteiger charge is -2.32. The van der Waals surface area contributed by atoms with E-state index in [9.17, 15) is 18.0 Å². The molecular formula is C24H32ClN3O4S. The number of halogens is 1. The van der Waals surface area contributed by atoms with E-state index in [1.807, 2.05) is 52.0 Å². The molecule has 0 radical (unpaired) electrons. The molecule has 0 unspecified atom stereocenters. The van der Waals surface area contributed by atoms with Gasteiger partial charge in [-0.25, -0.2) is 8.42 Å². The first-order chi connectivity index (χ1) is 15.2. The maximum Gasteiger partial charge on any atom is 0.243 e. The first-order valence-electron chi connectivity index (χ1n) is 10.6. The third kappa shape index (κ3) is 7.55. The highest BCUT2D eigenvalue weighted by atomic mass is 35.5. The minimum Gasteiger partial charge on any atom is -0.350 e. The van der Waals surface area contributed by atoms with E-state index in [-0.39, 0.29) is 17.3 Å². The SMILES string of the molecule is Cc1cccc(CN(C(=O)CN(C)S(=O)(=O)c2ccc(Cl)cc2)[C@@H](C)C(=O)NC(C)(C)C)c1. The van der Waals surface area contributed by atoms with Crippen LogP contribution in [0.3, 0.4) is 0 Å². The number of hydrogen-bond acceptors (Lipinski definition) is 4. The zero-order valence-electron chi connectivity index (χ0n) is 19.9. The highest BCUT2D eigenvalue weighted by Gasteiger charge is 2.31. The molecule has 1 N–H and O–H groups in total. The summed E-state index contributed by atoms with van der Waals surface area (Å²) in [6.07, 6.45) is 0. The van der Waals surface area contributed by atoms with Gasteiger partial charge in [0.15, 0.2) is 0 Å². The number of benzene rings is 2. The summed E-state index contributed by atoms with van der Waals surface area (Å²) in [6, 6.07) is 12.6. The van der Waals surface area contributed by atoms with Gasteiger partial charge in [0.2, 0.25) is 21.8 Å². The summed E-state index contributed by atoms with van der Waals surface area (Å²) in [4.78, 5) is 27.6. The van der Waals surface area contributed by atoms with Crippen LogP contribution < -0.4 is 5.32 Å². The number of aryl methyl sites for hydroxylation is 1. The first kappa shape index (κ1) is 26.8. The van der Waals surface area contributed by atoms with Crippen LogP contribution in [0.1, 0.15) is 38.8 Å². The highest BCUT2D eigenvalue weighted by Crippen LogP contribution is 2.19. The van der Waals surface area contributed by atoms with Crippen molar-refractivity contribution in [2.75, 3.05) is 13.6 Å². The topological polar surface area (TPSA) is 86.8 Å². The number of carbonyl (C=O) groups is 2. The van der Waals surface area contributed by atoms with Gasteiger partial charge < -0.3 is 10.2 Å². The predicted octanol–water partition coefficient (Wildman–Crippen LogP) is 3.60. The molecule has 0 saturated carbocycles. The molecule has 180 valence electrons. The molecule has 2 aromatic rings. The van der Waals surface area contributed by atoms with Crippen molar-refractivity contribution in [2.45, 2.75) is 57.6 Å². The van der Waals surface area contributed by atoms with E-state index in [1.165, 1.54) is 36.2 Å². The monoisotopic (exact) mass is 493 g/mol. The van der Waals surface area contributed by atoms with Crippen LogP contribution in [0.15, 0.2) is 53.4 Å². The third-order valence-electron chi connectivity index (χ3n) is 4.98. The lowest BCUT2D eigenvalue weighted by Crippen LogP contribution is -2.54. The molecule has 0 aliphatic carbocycles. The number of carbonyl (C=O) groups excluding carboxylic acids is 2. The second kappa shape index (κ2) is 10.7. The van der Waals surface area contributed by atoms with E-state index in [2.05, 4.69) is 5.32 Å². The van der Waals surface area contributed by atoms with E-state index in [4.69, 9.17) is 11.6 Å². The van der Waals surface area contributed by atoms with Crippen LogP contribution in [0.4, 0.5) is 0 Å². The molecule has 0 aliphatic rings. The maximum atomic E-state index is 13.3. The molecule has 33 heavy (non-hydrogen) atoms. The summed E-state index contributed by atoms with van der Waals surface area (Å²) >= 11 is 5.86. The number of sulfonamides is 1. The molecule has 0 aliphatic heterocycles. The van der Waals surface area contributed by atoms with Crippen molar-refractivity contribution < 1.29 is 18.0 Å². The van der Waals surface area contributed by atoms with E-state index in [0.29, 0.717) is 5.02 Å². The Morgan fingerprint density at radius 2 is 1.70 bits per heavy atom. The average Bonchev–Trinajstić information content (AvgIpc) is 2.70. The quantitative estimate of drug-likeness (QED) is 0.608. The smallest absolute Gasteiger partial charge is 0.243 e. The largest absolute Gasteiger partial charge is 0.350 e. The first-order valence-corrected chi connectivity index (χ1v) is 12.4. The predicted molar refractivity (Wildman–Crippen MR) is 130 cm³/mol. The molecule has 7 nitrogen and oxygen atoms in total. The van der Waals surface area contributed by atoms with E-state index >= 15 is 0 Å². The van der Waals surface area contributed by atoms with Crippen LogP contribution in [0, 0.1) is 6.92 Å². The van der Waals surface area contributed by atoms with Crippen molar-refractivity contribution in [1.82, 2.24) is 14.5 Å². The molecule has 0 bridgehead atoms. The van der Waals surface area contributed by atoms with Gasteiger partial charge >= 0.3 is 0 Å². The molecule has 2 aromatic carbocycles. The van der Waals surface area contributed by atoms with Gasteiger partial charge in [0.05, 0.1) is 11.4 Å². The Kier molecular flexibility index (Phi) is 8.68. The van der Waals surface area contributed by atoms with Gasteiger partial charge in [-0.15, -0.1) is 0 Å². The number of nitrogens with one attached hydrogen (secondary N) is 1. The average molecular weight is 494 g/mol. The van der Waals surface area contributed by atoms with E-state index in [1.54, 1.807) is 6.92 Å². The molecule has 0 fully saturated rings. The van der Waals surface area contributed by atoms with Crippen LogP contribution in [0.25, 0.3) is 0 Å². The summed E-state index contributed by atoms with van der Waals surface area (Å²) in [7, 11) is -2.57. The molecule has 0 spiro atoms. The van der Waals surface area contributed by atoms with Crippen LogP contribution in [-0.2, 0) is 26.2 Å². The normalized spacial score (nSPS) is 13.0. The standard InChI is InChI=1S/C24H32ClN3O4S/c1-17-8-7-9-19(14-17)15-28(18(2)23(30)26-24(3,4)5)22(29)16-27(6)33(31,32)21-12-10-20(25)11-13-21/h7-14,18H,15-16H2,1-6H3,(H,26,30)/t18-/m0/s1. The Morgan fingerprint density at radius 1 is 1.09 bits per heavy atom. The number of hydrogen-bond donors (Lipinski definition) is 1. The van der Waals surface area contributed by atoms with Crippen molar-refractivity contribution in [2.24, 2.45) is 0 Å². The zero-order valence-corrected chi connectivity index (χ0v) is 21.5. The van der Waals surface area contributed by atoms with Crippen LogP contribution in [-0.4, -0.2) is 54.6 Å².